The molecule has 0 aromatic carbocycles. The van der Waals surface area contributed by atoms with Crippen molar-refractivity contribution in [3.05, 3.63) is 11.4 Å². The first-order valence-electron chi connectivity index (χ1n) is 7.46. The van der Waals surface area contributed by atoms with E-state index in [1.807, 2.05) is 11.8 Å². The number of nitrogen functional groups attached to an aromatic ring is 1. The smallest absolute Gasteiger partial charge is 0.274 e. The zero-order valence-corrected chi connectivity index (χ0v) is 12.3. The summed E-state index contributed by atoms with van der Waals surface area (Å²) in [5.41, 5.74) is 7.97. The van der Waals surface area contributed by atoms with Crippen LogP contribution in [-0.2, 0) is 13.5 Å². The fourth-order valence-electron chi connectivity index (χ4n) is 2.99. The van der Waals surface area contributed by atoms with Gasteiger partial charge in [0.15, 0.2) is 0 Å². The monoisotopic (exact) mass is 277 g/mol. The Morgan fingerprint density at radius 2 is 1.95 bits per heavy atom. The van der Waals surface area contributed by atoms with Crippen molar-refractivity contribution in [2.45, 2.75) is 32.2 Å². The topological polar surface area (TPSA) is 67.4 Å². The van der Waals surface area contributed by atoms with E-state index in [1.165, 1.54) is 12.8 Å². The predicted octanol–water partition coefficient (Wildman–Crippen LogP) is 0.485. The van der Waals surface area contributed by atoms with Crippen molar-refractivity contribution < 1.29 is 4.79 Å². The van der Waals surface area contributed by atoms with Crippen LogP contribution in [0.1, 0.15) is 35.9 Å². The number of nitrogens with two attached hydrogens (primary N) is 1. The number of aryl methyl sites for hydroxylation is 2. The number of nitrogens with zero attached hydrogens (tertiary/aromatic N) is 4. The van der Waals surface area contributed by atoms with Crippen LogP contribution in [0.25, 0.3) is 0 Å². The van der Waals surface area contributed by atoms with Gasteiger partial charge in [0.2, 0.25) is 0 Å². The molecule has 3 rings (SSSR count). The molecule has 2 heterocycles. The summed E-state index contributed by atoms with van der Waals surface area (Å²) in [6.45, 7) is 5.55. The lowest BCUT2D eigenvalue weighted by molar-refractivity contribution is 0.0617. The maximum absolute atomic E-state index is 12.6. The number of amides is 1. The van der Waals surface area contributed by atoms with Gasteiger partial charge in [0.05, 0.1) is 11.4 Å². The van der Waals surface area contributed by atoms with E-state index in [0.29, 0.717) is 11.4 Å². The second-order valence-corrected chi connectivity index (χ2v) is 5.75. The number of rotatable bonds is 3. The fourth-order valence-corrected chi connectivity index (χ4v) is 2.99. The van der Waals surface area contributed by atoms with Crippen LogP contribution in [0.3, 0.4) is 0 Å². The number of hydrogen-bond donors (Lipinski definition) is 1. The number of aromatic nitrogens is 2. The fraction of sp³-hybridized carbons (Fsp3) is 0.714. The molecule has 1 aromatic rings. The average molecular weight is 277 g/mol. The van der Waals surface area contributed by atoms with Gasteiger partial charge in [-0.15, -0.1) is 0 Å². The van der Waals surface area contributed by atoms with Crippen LogP contribution in [0.5, 0.6) is 0 Å². The van der Waals surface area contributed by atoms with Gasteiger partial charge in [-0.05, 0) is 19.3 Å². The summed E-state index contributed by atoms with van der Waals surface area (Å²) in [5, 5.41) is 4.33. The van der Waals surface area contributed by atoms with Crippen molar-refractivity contribution in [1.29, 1.82) is 0 Å². The Kier molecular flexibility index (Phi) is 3.41. The molecular weight excluding hydrogens is 254 g/mol. The second kappa shape index (κ2) is 5.09. The van der Waals surface area contributed by atoms with E-state index in [4.69, 9.17) is 5.73 Å². The zero-order valence-electron chi connectivity index (χ0n) is 12.3. The number of piperazine rings is 1. The van der Waals surface area contributed by atoms with E-state index in [0.717, 1.165) is 44.3 Å². The van der Waals surface area contributed by atoms with Gasteiger partial charge >= 0.3 is 0 Å². The van der Waals surface area contributed by atoms with Gasteiger partial charge in [-0.25, -0.2) is 0 Å². The molecule has 2 fully saturated rings. The van der Waals surface area contributed by atoms with Crippen molar-refractivity contribution in [1.82, 2.24) is 19.6 Å². The molecule has 6 nitrogen and oxygen atoms in total. The van der Waals surface area contributed by atoms with Gasteiger partial charge < -0.3 is 10.6 Å². The van der Waals surface area contributed by atoms with Crippen molar-refractivity contribution >= 4 is 11.6 Å². The molecule has 1 saturated carbocycles. The zero-order chi connectivity index (χ0) is 14.3. The number of carbonyl (C=O) groups excluding carboxylic acids is 1. The first-order valence-corrected chi connectivity index (χ1v) is 7.46. The van der Waals surface area contributed by atoms with Crippen LogP contribution < -0.4 is 5.73 Å². The van der Waals surface area contributed by atoms with E-state index in [1.54, 1.807) is 11.7 Å². The molecule has 1 aliphatic carbocycles. The summed E-state index contributed by atoms with van der Waals surface area (Å²) < 4.78 is 1.63. The van der Waals surface area contributed by atoms with Crippen LogP contribution in [0.4, 0.5) is 5.69 Å². The van der Waals surface area contributed by atoms with Crippen LogP contribution in [-0.4, -0.2) is 57.7 Å². The third-order valence-electron chi connectivity index (χ3n) is 4.36. The van der Waals surface area contributed by atoms with E-state index in [-0.39, 0.29) is 5.91 Å². The van der Waals surface area contributed by atoms with Gasteiger partial charge in [0, 0.05) is 39.3 Å². The van der Waals surface area contributed by atoms with Gasteiger partial charge in [-0.3, -0.25) is 14.4 Å². The molecule has 0 unspecified atom stereocenters. The minimum atomic E-state index is 0.0210. The molecule has 0 atom stereocenters. The van der Waals surface area contributed by atoms with E-state index in [2.05, 4.69) is 10.00 Å². The molecule has 6 heteroatoms. The van der Waals surface area contributed by atoms with Gasteiger partial charge in [0.1, 0.15) is 5.69 Å². The number of anilines is 1. The lowest BCUT2D eigenvalue weighted by Crippen LogP contribution is -2.49. The maximum atomic E-state index is 12.6. The van der Waals surface area contributed by atoms with E-state index in [9.17, 15) is 4.79 Å². The third kappa shape index (κ3) is 2.28. The lowest BCUT2D eigenvalue weighted by atomic mass is 10.2. The van der Waals surface area contributed by atoms with E-state index >= 15 is 0 Å². The van der Waals surface area contributed by atoms with Gasteiger partial charge in [0.25, 0.3) is 5.91 Å². The standard InChI is InChI=1S/C14H23N5O/c1-3-11-12(15)13(17(2)16-11)14(20)19-8-6-18(7-9-19)10-4-5-10/h10H,3-9,15H2,1-2H3. The Hall–Kier alpha value is -1.56. The first kappa shape index (κ1) is 13.4. The van der Waals surface area contributed by atoms with Crippen LogP contribution in [0.2, 0.25) is 0 Å². The highest BCUT2D eigenvalue weighted by atomic mass is 16.2. The molecule has 1 aromatic heterocycles. The summed E-state index contributed by atoms with van der Waals surface area (Å²) >= 11 is 0. The Bertz CT molecular complexity index is 512. The van der Waals surface area contributed by atoms with E-state index < -0.39 is 0 Å². The molecule has 110 valence electrons. The minimum absolute atomic E-state index is 0.0210. The Labute approximate surface area is 119 Å². The highest BCUT2D eigenvalue weighted by molar-refractivity contribution is 5.98. The summed E-state index contributed by atoms with van der Waals surface area (Å²) in [6, 6.07) is 0.778. The molecule has 0 radical (unpaired) electrons. The van der Waals surface area contributed by atoms with Crippen molar-refractivity contribution in [3.8, 4) is 0 Å². The second-order valence-electron chi connectivity index (χ2n) is 5.75. The summed E-state index contributed by atoms with van der Waals surface area (Å²) in [6.07, 6.45) is 3.40. The average Bonchev–Trinajstić information content (AvgIpc) is 3.25. The van der Waals surface area contributed by atoms with Crippen LogP contribution in [0.15, 0.2) is 0 Å². The molecule has 2 N–H and O–H groups in total. The highest BCUT2D eigenvalue weighted by Gasteiger charge is 2.33. The normalized spacial score (nSPS) is 20.4. The molecule has 1 aliphatic heterocycles. The quantitative estimate of drug-likeness (QED) is 0.873. The largest absolute Gasteiger partial charge is 0.395 e. The molecule has 1 amide bonds. The Morgan fingerprint density at radius 1 is 1.30 bits per heavy atom. The first-order chi connectivity index (χ1) is 9.61. The predicted molar refractivity (Wildman–Crippen MR) is 77.5 cm³/mol. The summed E-state index contributed by atoms with van der Waals surface area (Å²) in [7, 11) is 1.79. The molecule has 0 spiro atoms. The minimum Gasteiger partial charge on any atom is -0.395 e. The molecular formula is C14H23N5O. The Balaban J connectivity index is 1.71. The molecule has 1 saturated heterocycles. The van der Waals surface area contributed by atoms with Crippen molar-refractivity contribution in [3.63, 3.8) is 0 Å². The van der Waals surface area contributed by atoms with Gasteiger partial charge in [-0.1, -0.05) is 6.92 Å². The maximum Gasteiger partial charge on any atom is 0.274 e. The highest BCUT2D eigenvalue weighted by Crippen LogP contribution is 2.28. The van der Waals surface area contributed by atoms with Gasteiger partial charge in [-0.2, -0.15) is 5.10 Å². The van der Waals surface area contributed by atoms with Crippen LogP contribution >= 0.6 is 0 Å². The summed E-state index contributed by atoms with van der Waals surface area (Å²) in [4.78, 5) is 17.0. The van der Waals surface area contributed by atoms with Crippen LogP contribution in [0, 0.1) is 0 Å². The number of carbonyl (C=O) groups is 1. The Morgan fingerprint density at radius 3 is 2.45 bits per heavy atom. The summed E-state index contributed by atoms with van der Waals surface area (Å²) in [5.74, 6) is 0.0210. The van der Waals surface area contributed by atoms with Crippen molar-refractivity contribution in [2.24, 2.45) is 7.05 Å². The molecule has 20 heavy (non-hydrogen) atoms. The third-order valence-corrected chi connectivity index (χ3v) is 4.36. The SMILES string of the molecule is CCc1nn(C)c(C(=O)N2CCN(C3CC3)CC2)c1N. The lowest BCUT2D eigenvalue weighted by Gasteiger charge is -2.34. The number of hydrogen-bond acceptors (Lipinski definition) is 4. The van der Waals surface area contributed by atoms with Crippen molar-refractivity contribution in [2.75, 3.05) is 31.9 Å². The molecule has 0 bridgehead atoms. The molecule has 2 aliphatic rings.